The first-order chi connectivity index (χ1) is 9.60. The number of hydrogen-bond donors (Lipinski definition) is 5. The molecule has 0 spiro atoms. The van der Waals surface area contributed by atoms with Crippen molar-refractivity contribution in [2.45, 2.75) is 55.6 Å². The Morgan fingerprint density at radius 2 is 2.00 bits per heavy atom. The standard InChI is InChI=1S/C13H21NO6/c15-4-6-3-8(12(17)13(18)11(6)16)14-7-1-2-10-19-5-9(7)20-10/h3,7-18H,1-2,4-5H2/t7-,8+,9-,10-,11-,12+,13+/m1/s1. The SMILES string of the molecule is OCC1=C[C@H](N[C@@H]2CC[C@@H]3OC[C@H]2O3)[C@H](O)[C@@H](O)[C@@H]1O. The normalized spacial score (nSPS) is 48.2. The third-order valence-corrected chi connectivity index (χ3v) is 4.34. The minimum Gasteiger partial charge on any atom is -0.392 e. The summed E-state index contributed by atoms with van der Waals surface area (Å²) in [6.45, 7) is 0.172. The van der Waals surface area contributed by atoms with Gasteiger partial charge in [0.2, 0.25) is 0 Å². The molecule has 7 nitrogen and oxygen atoms in total. The third kappa shape index (κ3) is 2.50. The minimum absolute atomic E-state index is 0.0204. The maximum atomic E-state index is 10.1. The van der Waals surface area contributed by atoms with E-state index in [0.29, 0.717) is 12.2 Å². The van der Waals surface area contributed by atoms with Crippen molar-refractivity contribution < 1.29 is 29.9 Å². The van der Waals surface area contributed by atoms with Crippen LogP contribution in [0.15, 0.2) is 11.6 Å². The second-order valence-electron chi connectivity index (χ2n) is 5.64. The fourth-order valence-electron chi connectivity index (χ4n) is 3.12. The highest BCUT2D eigenvalue weighted by atomic mass is 16.7. The summed E-state index contributed by atoms with van der Waals surface area (Å²) in [6.07, 6.45) is -0.601. The van der Waals surface area contributed by atoms with Crippen LogP contribution in [0.25, 0.3) is 0 Å². The minimum atomic E-state index is -1.31. The molecular formula is C13H21NO6. The second kappa shape index (κ2) is 5.69. The second-order valence-corrected chi connectivity index (χ2v) is 5.64. The number of aliphatic hydroxyl groups excluding tert-OH is 4. The van der Waals surface area contributed by atoms with Gasteiger partial charge in [-0.3, -0.25) is 0 Å². The molecule has 114 valence electrons. The van der Waals surface area contributed by atoms with Gasteiger partial charge in [-0.1, -0.05) is 6.08 Å². The van der Waals surface area contributed by atoms with Gasteiger partial charge in [-0.25, -0.2) is 0 Å². The van der Waals surface area contributed by atoms with E-state index in [9.17, 15) is 20.4 Å². The number of aliphatic hydroxyl groups is 4. The average molecular weight is 287 g/mol. The molecule has 0 saturated carbocycles. The molecule has 0 radical (unpaired) electrons. The van der Waals surface area contributed by atoms with Crippen LogP contribution >= 0.6 is 0 Å². The Morgan fingerprint density at radius 1 is 1.20 bits per heavy atom. The molecule has 5 N–H and O–H groups in total. The Kier molecular flexibility index (Phi) is 4.09. The summed E-state index contributed by atoms with van der Waals surface area (Å²) < 4.78 is 11.1. The third-order valence-electron chi connectivity index (χ3n) is 4.34. The number of nitrogens with one attached hydrogen (secondary N) is 1. The van der Waals surface area contributed by atoms with Crippen LogP contribution in [0.2, 0.25) is 0 Å². The molecule has 0 aromatic rings. The molecule has 2 aliphatic heterocycles. The Labute approximate surface area is 116 Å². The van der Waals surface area contributed by atoms with E-state index in [1.165, 1.54) is 0 Å². The molecule has 3 aliphatic rings. The largest absolute Gasteiger partial charge is 0.392 e. The molecule has 0 aromatic heterocycles. The molecule has 0 amide bonds. The van der Waals surface area contributed by atoms with Gasteiger partial charge in [0.05, 0.1) is 25.4 Å². The van der Waals surface area contributed by atoms with Crippen LogP contribution in [-0.2, 0) is 9.47 Å². The van der Waals surface area contributed by atoms with Gasteiger partial charge in [0.15, 0.2) is 6.29 Å². The van der Waals surface area contributed by atoms with Gasteiger partial charge in [0.25, 0.3) is 0 Å². The van der Waals surface area contributed by atoms with Crippen LogP contribution in [0.5, 0.6) is 0 Å². The van der Waals surface area contributed by atoms with E-state index in [1.807, 2.05) is 0 Å². The highest BCUT2D eigenvalue weighted by molar-refractivity contribution is 5.22. The number of fused-ring (bicyclic) bond motifs is 2. The molecule has 0 aromatic carbocycles. The molecule has 0 unspecified atom stereocenters. The van der Waals surface area contributed by atoms with E-state index < -0.39 is 24.4 Å². The molecule has 2 saturated heterocycles. The molecule has 7 heteroatoms. The number of rotatable bonds is 3. The zero-order valence-corrected chi connectivity index (χ0v) is 11.1. The van der Waals surface area contributed by atoms with Crippen LogP contribution in [0.4, 0.5) is 0 Å². The van der Waals surface area contributed by atoms with E-state index in [0.717, 1.165) is 12.8 Å². The quantitative estimate of drug-likeness (QED) is 0.377. The van der Waals surface area contributed by atoms with Crippen LogP contribution < -0.4 is 5.32 Å². The summed E-state index contributed by atoms with van der Waals surface area (Å²) in [5, 5.41) is 42.0. The lowest BCUT2D eigenvalue weighted by molar-refractivity contribution is -0.0978. The van der Waals surface area contributed by atoms with Gasteiger partial charge in [0.1, 0.15) is 18.3 Å². The van der Waals surface area contributed by atoms with E-state index in [4.69, 9.17) is 9.47 Å². The zero-order valence-electron chi connectivity index (χ0n) is 11.1. The molecule has 2 bridgehead atoms. The lowest BCUT2D eigenvalue weighted by Crippen LogP contribution is -2.58. The highest BCUT2D eigenvalue weighted by Gasteiger charge is 2.42. The van der Waals surface area contributed by atoms with Crippen molar-refractivity contribution in [2.24, 2.45) is 0 Å². The Balaban J connectivity index is 1.70. The predicted octanol–water partition coefficient (Wildman–Crippen LogP) is -2.14. The van der Waals surface area contributed by atoms with Gasteiger partial charge in [-0.05, 0) is 18.4 Å². The first-order valence-corrected chi connectivity index (χ1v) is 6.99. The van der Waals surface area contributed by atoms with E-state index in [-0.39, 0.29) is 25.0 Å². The number of ether oxygens (including phenoxy) is 2. The number of hydrogen-bond acceptors (Lipinski definition) is 7. The Bertz CT molecular complexity index is 389. The summed E-state index contributed by atoms with van der Waals surface area (Å²) in [6, 6.07) is -0.506. The molecule has 1 aliphatic carbocycles. The molecule has 7 atom stereocenters. The molecular weight excluding hydrogens is 266 g/mol. The van der Waals surface area contributed by atoms with Gasteiger partial charge in [-0.15, -0.1) is 0 Å². The fourth-order valence-corrected chi connectivity index (χ4v) is 3.12. The Morgan fingerprint density at radius 3 is 2.75 bits per heavy atom. The van der Waals surface area contributed by atoms with Crippen molar-refractivity contribution in [3.8, 4) is 0 Å². The average Bonchev–Trinajstić information content (AvgIpc) is 2.85. The molecule has 20 heavy (non-hydrogen) atoms. The predicted molar refractivity (Wildman–Crippen MR) is 67.7 cm³/mol. The summed E-state index contributed by atoms with van der Waals surface area (Å²) >= 11 is 0. The highest BCUT2D eigenvalue weighted by Crippen LogP contribution is 2.28. The van der Waals surface area contributed by atoms with E-state index in [2.05, 4.69) is 5.32 Å². The summed E-state index contributed by atoms with van der Waals surface area (Å²) in [4.78, 5) is 0. The van der Waals surface area contributed by atoms with Crippen LogP contribution in [0.1, 0.15) is 12.8 Å². The summed E-state index contributed by atoms with van der Waals surface area (Å²) in [5.74, 6) is 0. The molecule has 2 heterocycles. The molecule has 2 fully saturated rings. The van der Waals surface area contributed by atoms with Crippen molar-refractivity contribution in [1.82, 2.24) is 5.32 Å². The van der Waals surface area contributed by atoms with E-state index >= 15 is 0 Å². The van der Waals surface area contributed by atoms with Crippen LogP contribution in [0.3, 0.4) is 0 Å². The van der Waals surface area contributed by atoms with Gasteiger partial charge < -0.3 is 35.2 Å². The van der Waals surface area contributed by atoms with Crippen molar-refractivity contribution in [3.05, 3.63) is 11.6 Å². The van der Waals surface area contributed by atoms with Gasteiger partial charge >= 0.3 is 0 Å². The smallest absolute Gasteiger partial charge is 0.158 e. The summed E-state index contributed by atoms with van der Waals surface area (Å²) in [7, 11) is 0. The van der Waals surface area contributed by atoms with Gasteiger partial charge in [-0.2, -0.15) is 0 Å². The zero-order chi connectivity index (χ0) is 14.3. The lowest BCUT2D eigenvalue weighted by Gasteiger charge is -2.38. The van der Waals surface area contributed by atoms with Crippen molar-refractivity contribution in [2.75, 3.05) is 13.2 Å². The lowest BCUT2D eigenvalue weighted by atomic mass is 9.87. The van der Waals surface area contributed by atoms with Crippen molar-refractivity contribution in [3.63, 3.8) is 0 Å². The van der Waals surface area contributed by atoms with Gasteiger partial charge in [0, 0.05) is 6.04 Å². The maximum Gasteiger partial charge on any atom is 0.158 e. The molecule has 3 rings (SSSR count). The monoisotopic (exact) mass is 287 g/mol. The van der Waals surface area contributed by atoms with Crippen molar-refractivity contribution >= 4 is 0 Å². The Hall–Kier alpha value is -0.540. The summed E-state index contributed by atoms with van der Waals surface area (Å²) in [5.41, 5.74) is 0.317. The van der Waals surface area contributed by atoms with Crippen LogP contribution in [0, 0.1) is 0 Å². The van der Waals surface area contributed by atoms with Crippen LogP contribution in [-0.4, -0.2) is 76.4 Å². The first kappa shape index (κ1) is 14.4. The topological polar surface area (TPSA) is 111 Å². The first-order valence-electron chi connectivity index (χ1n) is 6.99. The fraction of sp³-hybridized carbons (Fsp3) is 0.846. The van der Waals surface area contributed by atoms with E-state index in [1.54, 1.807) is 6.08 Å². The van der Waals surface area contributed by atoms with Crippen molar-refractivity contribution in [1.29, 1.82) is 0 Å². The maximum absolute atomic E-state index is 10.1.